The fraction of sp³-hybridized carbons (Fsp3) is 0.800. The number of aliphatic imine (C=N–C) groups is 1. The van der Waals surface area contributed by atoms with Gasteiger partial charge in [0, 0.05) is 26.7 Å². The lowest BCUT2D eigenvalue weighted by Crippen LogP contribution is -2.38. The third kappa shape index (κ3) is 9.65. The van der Waals surface area contributed by atoms with Crippen molar-refractivity contribution in [3.63, 3.8) is 0 Å². The number of rotatable bonds is 8. The smallest absolute Gasteiger partial charge is 0.372 e. The fourth-order valence-electron chi connectivity index (χ4n) is 2.26. The number of hydrogen-bond acceptors (Lipinski definition) is 2. The molecule has 0 amide bonds. The summed E-state index contributed by atoms with van der Waals surface area (Å²) < 4.78 is 40.1. The molecule has 0 aromatic rings. The van der Waals surface area contributed by atoms with E-state index in [0.29, 0.717) is 18.9 Å². The molecule has 0 spiro atoms. The quantitative estimate of drug-likeness (QED) is 0.313. The Morgan fingerprint density at radius 2 is 2.05 bits per heavy atom. The van der Waals surface area contributed by atoms with Crippen LogP contribution in [0.3, 0.4) is 0 Å². The first-order chi connectivity index (χ1) is 10.5. The van der Waals surface area contributed by atoms with Crippen LogP contribution in [0.5, 0.6) is 0 Å². The third-order valence-corrected chi connectivity index (χ3v) is 3.37. The molecule has 0 aromatic carbocycles. The second-order valence-electron chi connectivity index (χ2n) is 5.31. The molecule has 1 aliphatic carbocycles. The van der Waals surface area contributed by atoms with Crippen molar-refractivity contribution in [3.05, 3.63) is 11.6 Å². The molecule has 0 atom stereocenters. The molecule has 0 heterocycles. The van der Waals surface area contributed by atoms with Gasteiger partial charge in [-0.05, 0) is 38.5 Å². The van der Waals surface area contributed by atoms with Crippen molar-refractivity contribution < 1.29 is 17.9 Å². The van der Waals surface area contributed by atoms with Gasteiger partial charge in [0.05, 0.1) is 0 Å². The maximum atomic E-state index is 11.9. The van der Waals surface area contributed by atoms with Crippen LogP contribution in [0.25, 0.3) is 0 Å². The SMILES string of the molecule is CN=C(NCCCOCC(F)(F)F)NCCC1=CCCCC1. The summed E-state index contributed by atoms with van der Waals surface area (Å²) in [6.45, 7) is 0.238. The predicted octanol–water partition coefficient (Wildman–Crippen LogP) is 3.01. The Balaban J connectivity index is 2.04. The average molecular weight is 321 g/mol. The van der Waals surface area contributed by atoms with Gasteiger partial charge in [0.15, 0.2) is 5.96 Å². The molecule has 4 nitrogen and oxygen atoms in total. The molecule has 7 heteroatoms. The molecule has 0 unspecified atom stereocenters. The van der Waals surface area contributed by atoms with Crippen LogP contribution in [0.1, 0.15) is 38.5 Å². The highest BCUT2D eigenvalue weighted by Crippen LogP contribution is 2.19. The predicted molar refractivity (Wildman–Crippen MR) is 82.0 cm³/mol. The standard InChI is InChI=1S/C15H26F3N3O/c1-19-14(20-9-5-11-22-12-15(16,17)18)21-10-8-13-6-3-2-4-7-13/h6H,2-5,7-12H2,1H3,(H2,19,20,21). The van der Waals surface area contributed by atoms with Gasteiger partial charge in [0.25, 0.3) is 0 Å². The number of alkyl halides is 3. The first kappa shape index (κ1) is 18.8. The van der Waals surface area contributed by atoms with Gasteiger partial charge < -0.3 is 15.4 Å². The number of ether oxygens (including phenoxy) is 1. The van der Waals surface area contributed by atoms with Gasteiger partial charge in [-0.3, -0.25) is 4.99 Å². The Labute approximate surface area is 130 Å². The molecule has 0 aromatic heterocycles. The monoisotopic (exact) mass is 321 g/mol. The van der Waals surface area contributed by atoms with Crippen LogP contribution in [0.4, 0.5) is 13.2 Å². The summed E-state index contributed by atoms with van der Waals surface area (Å²) in [6.07, 6.45) is 4.51. The number of nitrogens with zero attached hydrogens (tertiary/aromatic N) is 1. The van der Waals surface area contributed by atoms with Crippen LogP contribution >= 0.6 is 0 Å². The number of halogens is 3. The minimum absolute atomic E-state index is 0.0798. The van der Waals surface area contributed by atoms with Crippen molar-refractivity contribution in [1.29, 1.82) is 0 Å². The number of guanidine groups is 1. The van der Waals surface area contributed by atoms with E-state index >= 15 is 0 Å². The lowest BCUT2D eigenvalue weighted by molar-refractivity contribution is -0.173. The molecule has 22 heavy (non-hydrogen) atoms. The molecular weight excluding hydrogens is 295 g/mol. The molecular formula is C15H26F3N3O. The zero-order valence-electron chi connectivity index (χ0n) is 13.1. The molecule has 1 rings (SSSR count). The van der Waals surface area contributed by atoms with E-state index in [1.807, 2.05) is 0 Å². The van der Waals surface area contributed by atoms with Crippen LogP contribution < -0.4 is 10.6 Å². The van der Waals surface area contributed by atoms with Gasteiger partial charge >= 0.3 is 6.18 Å². The number of allylic oxidation sites excluding steroid dienone is 1. The molecule has 2 N–H and O–H groups in total. The minimum atomic E-state index is -4.25. The minimum Gasteiger partial charge on any atom is -0.372 e. The van der Waals surface area contributed by atoms with Gasteiger partial charge in [-0.25, -0.2) is 0 Å². The maximum absolute atomic E-state index is 11.9. The van der Waals surface area contributed by atoms with Crippen molar-refractivity contribution in [1.82, 2.24) is 10.6 Å². The van der Waals surface area contributed by atoms with Crippen molar-refractivity contribution in [3.8, 4) is 0 Å². The van der Waals surface area contributed by atoms with Gasteiger partial charge in [0.1, 0.15) is 6.61 Å². The van der Waals surface area contributed by atoms with Gasteiger partial charge in [-0.1, -0.05) is 11.6 Å². The Morgan fingerprint density at radius 1 is 1.27 bits per heavy atom. The summed E-state index contributed by atoms with van der Waals surface area (Å²) >= 11 is 0. The zero-order chi connectivity index (χ0) is 16.3. The van der Waals surface area contributed by atoms with E-state index in [4.69, 9.17) is 0 Å². The second-order valence-corrected chi connectivity index (χ2v) is 5.31. The second kappa shape index (κ2) is 10.5. The average Bonchev–Trinajstić information content (AvgIpc) is 2.49. The molecule has 0 bridgehead atoms. The highest BCUT2D eigenvalue weighted by molar-refractivity contribution is 5.79. The Morgan fingerprint density at radius 3 is 2.68 bits per heavy atom. The van der Waals surface area contributed by atoms with Crippen LogP contribution in [-0.2, 0) is 4.74 Å². The lowest BCUT2D eigenvalue weighted by atomic mass is 9.97. The fourth-order valence-corrected chi connectivity index (χ4v) is 2.26. The van der Waals surface area contributed by atoms with Crippen LogP contribution in [0.2, 0.25) is 0 Å². The largest absolute Gasteiger partial charge is 0.411 e. The molecule has 0 saturated carbocycles. The van der Waals surface area contributed by atoms with Crippen molar-refractivity contribution in [2.75, 3.05) is 33.4 Å². The van der Waals surface area contributed by atoms with E-state index in [0.717, 1.165) is 13.0 Å². The van der Waals surface area contributed by atoms with E-state index < -0.39 is 12.8 Å². The summed E-state index contributed by atoms with van der Waals surface area (Å²) in [7, 11) is 1.68. The Bertz CT molecular complexity index is 368. The van der Waals surface area contributed by atoms with Crippen molar-refractivity contribution in [2.45, 2.75) is 44.7 Å². The summed E-state index contributed by atoms with van der Waals surface area (Å²) in [5.41, 5.74) is 1.50. The Hall–Kier alpha value is -1.24. The number of nitrogens with one attached hydrogen (secondary N) is 2. The summed E-state index contributed by atoms with van der Waals surface area (Å²) in [5, 5.41) is 6.27. The topological polar surface area (TPSA) is 45.7 Å². The molecule has 0 saturated heterocycles. The summed E-state index contributed by atoms with van der Waals surface area (Å²) in [5.74, 6) is 0.673. The van der Waals surface area contributed by atoms with E-state index in [1.54, 1.807) is 7.05 Å². The first-order valence-electron chi connectivity index (χ1n) is 7.78. The molecule has 0 aliphatic heterocycles. The normalized spacial score (nSPS) is 16.4. The van der Waals surface area contributed by atoms with Gasteiger partial charge in [-0.2, -0.15) is 13.2 Å². The van der Waals surface area contributed by atoms with Crippen LogP contribution in [-0.4, -0.2) is 45.5 Å². The van der Waals surface area contributed by atoms with Crippen molar-refractivity contribution in [2.24, 2.45) is 4.99 Å². The van der Waals surface area contributed by atoms with E-state index in [1.165, 1.54) is 31.3 Å². The first-order valence-corrected chi connectivity index (χ1v) is 7.78. The molecule has 128 valence electrons. The maximum Gasteiger partial charge on any atom is 0.411 e. The summed E-state index contributed by atoms with van der Waals surface area (Å²) in [6, 6.07) is 0. The van der Waals surface area contributed by atoms with Gasteiger partial charge in [-0.15, -0.1) is 0 Å². The van der Waals surface area contributed by atoms with Crippen molar-refractivity contribution >= 4 is 5.96 Å². The van der Waals surface area contributed by atoms with Gasteiger partial charge in [0.2, 0.25) is 0 Å². The highest BCUT2D eigenvalue weighted by atomic mass is 19.4. The van der Waals surface area contributed by atoms with Crippen LogP contribution in [0, 0.1) is 0 Å². The van der Waals surface area contributed by atoms with E-state index in [-0.39, 0.29) is 6.61 Å². The van der Waals surface area contributed by atoms with Crippen LogP contribution in [0.15, 0.2) is 16.6 Å². The zero-order valence-corrected chi connectivity index (χ0v) is 13.1. The third-order valence-electron chi connectivity index (χ3n) is 3.37. The molecule has 1 aliphatic rings. The Kier molecular flexibility index (Phi) is 8.96. The highest BCUT2D eigenvalue weighted by Gasteiger charge is 2.27. The van der Waals surface area contributed by atoms with E-state index in [2.05, 4.69) is 26.4 Å². The summed E-state index contributed by atoms with van der Waals surface area (Å²) in [4.78, 5) is 4.08. The van der Waals surface area contributed by atoms with E-state index in [9.17, 15) is 13.2 Å². The molecule has 0 radical (unpaired) electrons. The molecule has 0 fully saturated rings. The number of hydrogen-bond donors (Lipinski definition) is 2. The lowest BCUT2D eigenvalue weighted by Gasteiger charge is -2.15.